The fourth-order valence-electron chi connectivity index (χ4n) is 7.19. The number of rotatable bonds is 11. The minimum Gasteiger partial charge on any atom is -0.382 e. The van der Waals surface area contributed by atoms with Crippen LogP contribution < -0.4 is 15.1 Å². The summed E-state index contributed by atoms with van der Waals surface area (Å²) in [6, 6.07) is 29.9. The van der Waals surface area contributed by atoms with E-state index in [1.165, 1.54) is 55.7 Å². The van der Waals surface area contributed by atoms with Crippen molar-refractivity contribution >= 4 is 27.8 Å². The zero-order chi connectivity index (χ0) is 31.6. The molecule has 1 N–H and O–H groups in total. The summed E-state index contributed by atoms with van der Waals surface area (Å²) in [5.74, 6) is 0.110. The molecule has 0 atom stereocenters. The highest BCUT2D eigenvalue weighted by molar-refractivity contribution is 5.97. The van der Waals surface area contributed by atoms with Gasteiger partial charge in [0.05, 0.1) is 0 Å². The van der Waals surface area contributed by atoms with E-state index in [4.69, 9.17) is 0 Å². The van der Waals surface area contributed by atoms with E-state index in [1.54, 1.807) is 0 Å². The molecule has 0 aliphatic rings. The van der Waals surface area contributed by atoms with E-state index in [0.717, 1.165) is 0 Å². The summed E-state index contributed by atoms with van der Waals surface area (Å²) in [7, 11) is 0. The van der Waals surface area contributed by atoms with Crippen LogP contribution in [0.3, 0.4) is 0 Å². The van der Waals surface area contributed by atoms with Crippen molar-refractivity contribution in [1.29, 1.82) is 0 Å². The van der Waals surface area contributed by atoms with Crippen LogP contribution in [0.4, 0.5) is 17.1 Å². The van der Waals surface area contributed by atoms with Crippen molar-refractivity contribution in [3.8, 4) is 0 Å². The molecule has 0 radical (unpaired) electrons. The van der Waals surface area contributed by atoms with Crippen LogP contribution in [-0.4, -0.2) is 30.2 Å². The fraction of sp³-hybridized carbons (Fsp3) is 0.450. The Morgan fingerprint density at radius 2 is 0.907 bits per heavy atom. The average Bonchev–Trinajstić information content (AvgIpc) is 2.91. The number of anilines is 3. The van der Waals surface area contributed by atoms with Crippen molar-refractivity contribution in [3.63, 3.8) is 0 Å². The normalized spacial score (nSPS) is 12.0. The molecule has 0 bridgehead atoms. The van der Waals surface area contributed by atoms with Gasteiger partial charge in [-0.3, -0.25) is 0 Å². The van der Waals surface area contributed by atoms with Gasteiger partial charge >= 0.3 is 0 Å². The first-order chi connectivity index (χ1) is 20.3. The minimum absolute atomic E-state index is 0.110. The number of benzene rings is 4. The van der Waals surface area contributed by atoms with Gasteiger partial charge in [0, 0.05) is 58.6 Å². The Hall–Kier alpha value is -3.46. The molecule has 0 amide bonds. The highest BCUT2D eigenvalue weighted by Gasteiger charge is 2.26. The number of nitrogens with one attached hydrogen (secondary N) is 1. The summed E-state index contributed by atoms with van der Waals surface area (Å²) in [4.78, 5) is 5.03. The van der Waals surface area contributed by atoms with Gasteiger partial charge in [0.25, 0.3) is 0 Å². The third-order valence-corrected chi connectivity index (χ3v) is 8.66. The van der Waals surface area contributed by atoms with E-state index in [2.05, 4.69) is 171 Å². The minimum atomic E-state index is 0.110. The lowest BCUT2D eigenvalue weighted by Crippen LogP contribution is -2.37. The highest BCUT2D eigenvalue weighted by Crippen LogP contribution is 2.42. The first-order valence-electron chi connectivity index (χ1n) is 16.4. The van der Waals surface area contributed by atoms with Gasteiger partial charge in [-0.05, 0) is 147 Å². The lowest BCUT2D eigenvalue weighted by atomic mass is 9.79. The van der Waals surface area contributed by atoms with Gasteiger partial charge in [-0.15, -0.1) is 0 Å². The molecule has 4 aromatic carbocycles. The van der Waals surface area contributed by atoms with Crippen LogP contribution in [0.15, 0.2) is 72.8 Å². The molecule has 4 rings (SSSR count). The third kappa shape index (κ3) is 6.87. The van der Waals surface area contributed by atoms with Gasteiger partial charge in [-0.2, -0.15) is 0 Å². The molecule has 4 aromatic rings. The Bertz CT molecular complexity index is 1440. The molecule has 0 fully saturated rings. The van der Waals surface area contributed by atoms with Crippen molar-refractivity contribution in [2.24, 2.45) is 0 Å². The zero-order valence-corrected chi connectivity index (χ0v) is 28.8. The van der Waals surface area contributed by atoms with E-state index in [0.29, 0.717) is 30.2 Å². The quantitative estimate of drug-likeness (QED) is 0.179. The molecular formula is C40H55N3. The molecule has 43 heavy (non-hydrogen) atoms. The molecule has 0 aromatic heterocycles. The van der Waals surface area contributed by atoms with Gasteiger partial charge < -0.3 is 15.1 Å². The summed E-state index contributed by atoms with van der Waals surface area (Å²) in [5, 5.41) is 6.27. The standard InChI is InChI=1S/C40H55N3/c1-25(2)41-39-22-21-38(36-15-13-14-16-37(36)39)40(34-19-17-32(23-30(34)11)42(26(3)4)27(5)6)35-20-18-33(24-31(35)12)43(28(7)8)29(9)10/h13-29,40-41H,1-12H3. The molecule has 0 heterocycles. The van der Waals surface area contributed by atoms with E-state index >= 15 is 0 Å². The van der Waals surface area contributed by atoms with Gasteiger partial charge in [-0.25, -0.2) is 0 Å². The topological polar surface area (TPSA) is 18.5 Å². The third-order valence-electron chi connectivity index (χ3n) is 8.66. The average molecular weight is 578 g/mol. The highest BCUT2D eigenvalue weighted by atomic mass is 15.2. The van der Waals surface area contributed by atoms with Crippen LogP contribution in [-0.2, 0) is 0 Å². The molecule has 3 nitrogen and oxygen atoms in total. The molecule has 3 heteroatoms. The molecule has 0 saturated carbocycles. The summed E-state index contributed by atoms with van der Waals surface area (Å²) in [5.41, 5.74) is 10.5. The Morgan fingerprint density at radius 1 is 0.488 bits per heavy atom. The maximum absolute atomic E-state index is 3.69. The van der Waals surface area contributed by atoms with Crippen LogP contribution in [0.25, 0.3) is 10.8 Å². The molecule has 0 spiro atoms. The Balaban J connectivity index is 1.97. The second-order valence-corrected chi connectivity index (χ2v) is 13.8. The first kappa shape index (κ1) is 32.5. The van der Waals surface area contributed by atoms with Gasteiger partial charge in [-0.1, -0.05) is 42.5 Å². The van der Waals surface area contributed by atoms with Crippen molar-refractivity contribution < 1.29 is 0 Å². The summed E-state index contributed by atoms with van der Waals surface area (Å²) in [6.45, 7) is 27.3. The van der Waals surface area contributed by atoms with E-state index in [1.807, 2.05) is 0 Å². The number of hydrogen-bond donors (Lipinski definition) is 1. The first-order valence-corrected chi connectivity index (χ1v) is 16.4. The molecule has 0 aliphatic heterocycles. The van der Waals surface area contributed by atoms with Gasteiger partial charge in [0.15, 0.2) is 0 Å². The van der Waals surface area contributed by atoms with Gasteiger partial charge in [0.2, 0.25) is 0 Å². The maximum Gasteiger partial charge on any atom is 0.0422 e. The molecule has 0 unspecified atom stereocenters. The van der Waals surface area contributed by atoms with Crippen LogP contribution in [0, 0.1) is 13.8 Å². The van der Waals surface area contributed by atoms with E-state index in [-0.39, 0.29) is 5.92 Å². The van der Waals surface area contributed by atoms with Crippen LogP contribution >= 0.6 is 0 Å². The molecular weight excluding hydrogens is 522 g/mol. The van der Waals surface area contributed by atoms with Crippen molar-refractivity contribution in [3.05, 3.63) is 101 Å². The van der Waals surface area contributed by atoms with E-state index in [9.17, 15) is 0 Å². The van der Waals surface area contributed by atoms with Crippen LogP contribution in [0.5, 0.6) is 0 Å². The molecule has 230 valence electrons. The monoisotopic (exact) mass is 577 g/mol. The Labute approximate surface area is 262 Å². The number of hydrogen-bond acceptors (Lipinski definition) is 3. The summed E-state index contributed by atoms with van der Waals surface area (Å²) >= 11 is 0. The maximum atomic E-state index is 3.69. The molecule has 0 aliphatic carbocycles. The predicted octanol–water partition coefficient (Wildman–Crippen LogP) is 10.7. The van der Waals surface area contributed by atoms with Crippen molar-refractivity contribution in [2.45, 2.75) is 119 Å². The lowest BCUT2D eigenvalue weighted by molar-refractivity contribution is 0.608. The number of nitrogens with zero attached hydrogens (tertiary/aromatic N) is 2. The largest absolute Gasteiger partial charge is 0.382 e. The van der Waals surface area contributed by atoms with Gasteiger partial charge in [0.1, 0.15) is 0 Å². The number of aryl methyl sites for hydroxylation is 2. The SMILES string of the molecule is Cc1cc(N(C(C)C)C(C)C)ccc1C(c1ccc(N(C(C)C)C(C)C)cc1C)c1ccc(NC(C)C)c2ccccc12. The van der Waals surface area contributed by atoms with Crippen molar-refractivity contribution in [2.75, 3.05) is 15.1 Å². The number of fused-ring (bicyclic) bond motifs is 1. The summed E-state index contributed by atoms with van der Waals surface area (Å²) < 4.78 is 0. The Morgan fingerprint density at radius 3 is 1.30 bits per heavy atom. The second kappa shape index (κ2) is 13.5. The van der Waals surface area contributed by atoms with Crippen molar-refractivity contribution in [1.82, 2.24) is 0 Å². The summed E-state index contributed by atoms with van der Waals surface area (Å²) in [6.07, 6.45) is 0. The predicted molar refractivity (Wildman–Crippen MR) is 192 cm³/mol. The lowest BCUT2D eigenvalue weighted by Gasteiger charge is -2.35. The smallest absolute Gasteiger partial charge is 0.0422 e. The Kier molecular flexibility index (Phi) is 10.2. The second-order valence-electron chi connectivity index (χ2n) is 13.8. The van der Waals surface area contributed by atoms with Crippen LogP contribution in [0.2, 0.25) is 0 Å². The van der Waals surface area contributed by atoms with Crippen LogP contribution in [0.1, 0.15) is 103 Å². The molecule has 0 saturated heterocycles. The van der Waals surface area contributed by atoms with E-state index < -0.39 is 0 Å². The zero-order valence-electron chi connectivity index (χ0n) is 28.8. The fourth-order valence-corrected chi connectivity index (χ4v) is 7.19.